The van der Waals surface area contributed by atoms with Gasteiger partial charge in [0.25, 0.3) is 0 Å². The Kier molecular flexibility index (Phi) is 2.91. The lowest BCUT2D eigenvalue weighted by atomic mass is 9.91. The van der Waals surface area contributed by atoms with Crippen LogP contribution < -0.4 is 0 Å². The SMILES string of the molecule is CCC1(O)CN(Cc2cnc(Cl)cn2)C1. The number of hydrogen-bond acceptors (Lipinski definition) is 4. The van der Waals surface area contributed by atoms with Crippen molar-refractivity contribution in [2.24, 2.45) is 0 Å². The summed E-state index contributed by atoms with van der Waals surface area (Å²) in [6.07, 6.45) is 4.02. The Balaban J connectivity index is 1.87. The molecule has 0 bridgehead atoms. The van der Waals surface area contributed by atoms with Gasteiger partial charge in [-0.1, -0.05) is 18.5 Å². The number of β-amino-alcohol motifs (C(OH)–C–C–N with tert-alkyl or cyclic N) is 1. The smallest absolute Gasteiger partial charge is 0.147 e. The van der Waals surface area contributed by atoms with Crippen LogP contribution in [0.5, 0.6) is 0 Å². The minimum atomic E-state index is -0.486. The topological polar surface area (TPSA) is 49.2 Å². The van der Waals surface area contributed by atoms with Crippen molar-refractivity contribution in [1.82, 2.24) is 14.9 Å². The average molecular weight is 228 g/mol. The average Bonchev–Trinajstić information content (AvgIpc) is 2.19. The van der Waals surface area contributed by atoms with Crippen LogP contribution in [0.25, 0.3) is 0 Å². The van der Waals surface area contributed by atoms with Crippen LogP contribution in [0.1, 0.15) is 19.0 Å². The number of likely N-dealkylation sites (tertiary alicyclic amines) is 1. The van der Waals surface area contributed by atoms with Crippen molar-refractivity contribution in [3.63, 3.8) is 0 Å². The summed E-state index contributed by atoms with van der Waals surface area (Å²) in [6.45, 7) is 4.16. The number of rotatable bonds is 3. The summed E-state index contributed by atoms with van der Waals surface area (Å²) in [7, 11) is 0. The van der Waals surface area contributed by atoms with Crippen LogP contribution in [0.3, 0.4) is 0 Å². The van der Waals surface area contributed by atoms with Gasteiger partial charge in [0.15, 0.2) is 0 Å². The van der Waals surface area contributed by atoms with Crippen LogP contribution in [0.15, 0.2) is 12.4 Å². The first-order valence-corrected chi connectivity index (χ1v) is 5.40. The second-order valence-electron chi connectivity index (χ2n) is 4.05. The van der Waals surface area contributed by atoms with E-state index >= 15 is 0 Å². The number of nitrogens with zero attached hydrogens (tertiary/aromatic N) is 3. The van der Waals surface area contributed by atoms with E-state index < -0.39 is 5.60 Å². The van der Waals surface area contributed by atoms with Crippen molar-refractivity contribution in [3.8, 4) is 0 Å². The quantitative estimate of drug-likeness (QED) is 0.840. The van der Waals surface area contributed by atoms with Crippen molar-refractivity contribution >= 4 is 11.6 Å². The Bertz CT molecular complexity index is 335. The number of hydrogen-bond donors (Lipinski definition) is 1. The van der Waals surface area contributed by atoms with E-state index in [1.807, 2.05) is 6.92 Å². The highest BCUT2D eigenvalue weighted by molar-refractivity contribution is 6.29. The number of halogens is 1. The Morgan fingerprint density at radius 3 is 2.73 bits per heavy atom. The lowest BCUT2D eigenvalue weighted by molar-refractivity contribution is -0.103. The lowest BCUT2D eigenvalue weighted by Crippen LogP contribution is -2.60. The molecule has 0 aliphatic carbocycles. The van der Waals surface area contributed by atoms with Crippen LogP contribution >= 0.6 is 11.6 Å². The van der Waals surface area contributed by atoms with Crippen LogP contribution in [0.4, 0.5) is 0 Å². The molecule has 1 aliphatic rings. The molecule has 1 aromatic rings. The molecule has 0 amide bonds. The zero-order valence-corrected chi connectivity index (χ0v) is 9.41. The Hall–Kier alpha value is -0.710. The molecule has 0 atom stereocenters. The van der Waals surface area contributed by atoms with E-state index in [0.29, 0.717) is 18.2 Å². The highest BCUT2D eigenvalue weighted by atomic mass is 35.5. The Morgan fingerprint density at radius 1 is 1.47 bits per heavy atom. The monoisotopic (exact) mass is 227 g/mol. The van der Waals surface area contributed by atoms with E-state index in [1.165, 1.54) is 0 Å². The summed E-state index contributed by atoms with van der Waals surface area (Å²) < 4.78 is 0. The van der Waals surface area contributed by atoms with Crippen molar-refractivity contribution in [1.29, 1.82) is 0 Å². The standard InChI is InChI=1S/C10H14ClN3O/c1-2-10(15)6-14(7-10)5-8-3-13-9(11)4-12-8/h3-4,15H,2,5-7H2,1H3. The predicted molar refractivity (Wildman–Crippen MR) is 57.6 cm³/mol. The highest BCUT2D eigenvalue weighted by Crippen LogP contribution is 2.25. The van der Waals surface area contributed by atoms with Gasteiger partial charge in [0.05, 0.1) is 23.7 Å². The summed E-state index contributed by atoms with van der Waals surface area (Å²) in [4.78, 5) is 10.3. The molecule has 4 nitrogen and oxygen atoms in total. The molecule has 1 aliphatic heterocycles. The van der Waals surface area contributed by atoms with Gasteiger partial charge in [-0.05, 0) is 6.42 Å². The van der Waals surface area contributed by atoms with Crippen LogP contribution in [-0.4, -0.2) is 38.7 Å². The van der Waals surface area contributed by atoms with Crippen molar-refractivity contribution in [3.05, 3.63) is 23.2 Å². The van der Waals surface area contributed by atoms with Crippen molar-refractivity contribution in [2.45, 2.75) is 25.5 Å². The second-order valence-corrected chi connectivity index (χ2v) is 4.44. The van der Waals surface area contributed by atoms with Gasteiger partial charge in [-0.25, -0.2) is 4.98 Å². The molecule has 0 unspecified atom stereocenters. The third-order valence-electron chi connectivity index (χ3n) is 2.75. The Labute approximate surface area is 93.9 Å². The van der Waals surface area contributed by atoms with Crippen molar-refractivity contribution in [2.75, 3.05) is 13.1 Å². The molecule has 1 fully saturated rings. The summed E-state index contributed by atoms with van der Waals surface area (Å²) in [5.74, 6) is 0. The van der Waals surface area contributed by atoms with Gasteiger partial charge in [-0.15, -0.1) is 0 Å². The first-order valence-electron chi connectivity index (χ1n) is 5.02. The molecule has 2 heterocycles. The maximum absolute atomic E-state index is 9.81. The molecule has 5 heteroatoms. The van der Waals surface area contributed by atoms with Gasteiger partial charge in [0.2, 0.25) is 0 Å². The lowest BCUT2D eigenvalue weighted by Gasteiger charge is -2.46. The van der Waals surface area contributed by atoms with Gasteiger partial charge in [0.1, 0.15) is 5.15 Å². The number of aliphatic hydroxyl groups is 1. The molecule has 1 saturated heterocycles. The van der Waals surface area contributed by atoms with E-state index in [0.717, 1.165) is 18.7 Å². The number of aromatic nitrogens is 2. The van der Waals surface area contributed by atoms with Gasteiger partial charge in [-0.2, -0.15) is 0 Å². The fourth-order valence-corrected chi connectivity index (χ4v) is 1.87. The molecule has 0 radical (unpaired) electrons. The van der Waals surface area contributed by atoms with Crippen molar-refractivity contribution < 1.29 is 5.11 Å². The predicted octanol–water partition coefficient (Wildman–Crippen LogP) is 1.09. The molecule has 0 spiro atoms. The van der Waals surface area contributed by atoms with E-state index in [2.05, 4.69) is 14.9 Å². The third kappa shape index (κ3) is 2.45. The zero-order chi connectivity index (χ0) is 10.9. The first-order chi connectivity index (χ1) is 7.11. The van der Waals surface area contributed by atoms with E-state index in [9.17, 15) is 5.11 Å². The van der Waals surface area contributed by atoms with E-state index in [-0.39, 0.29) is 0 Å². The molecule has 0 saturated carbocycles. The van der Waals surface area contributed by atoms with E-state index in [1.54, 1.807) is 12.4 Å². The molecule has 15 heavy (non-hydrogen) atoms. The molecule has 1 N–H and O–H groups in total. The maximum Gasteiger partial charge on any atom is 0.147 e. The largest absolute Gasteiger partial charge is 0.387 e. The summed E-state index contributed by atoms with van der Waals surface area (Å²) in [5.41, 5.74) is 0.400. The second kappa shape index (κ2) is 4.04. The van der Waals surface area contributed by atoms with Gasteiger partial charge >= 0.3 is 0 Å². The molecule has 0 aromatic carbocycles. The molecular weight excluding hydrogens is 214 g/mol. The van der Waals surface area contributed by atoms with Gasteiger partial charge in [0, 0.05) is 19.6 Å². The minimum Gasteiger partial charge on any atom is -0.387 e. The summed E-state index contributed by atoms with van der Waals surface area (Å²) in [6, 6.07) is 0. The molecule has 82 valence electrons. The fourth-order valence-electron chi connectivity index (χ4n) is 1.77. The van der Waals surface area contributed by atoms with Gasteiger partial charge < -0.3 is 5.11 Å². The highest BCUT2D eigenvalue weighted by Gasteiger charge is 2.39. The van der Waals surface area contributed by atoms with Crippen LogP contribution in [-0.2, 0) is 6.54 Å². The Morgan fingerprint density at radius 2 is 2.20 bits per heavy atom. The first kappa shape index (κ1) is 10.8. The summed E-state index contributed by atoms with van der Waals surface area (Å²) in [5, 5.41) is 10.2. The molecule has 1 aromatic heterocycles. The molecule has 2 rings (SSSR count). The third-order valence-corrected chi connectivity index (χ3v) is 2.95. The maximum atomic E-state index is 9.81. The molecular formula is C10H14ClN3O. The van der Waals surface area contributed by atoms with E-state index in [4.69, 9.17) is 11.6 Å². The fraction of sp³-hybridized carbons (Fsp3) is 0.600. The summed E-state index contributed by atoms with van der Waals surface area (Å²) >= 11 is 5.64. The zero-order valence-electron chi connectivity index (χ0n) is 8.65. The van der Waals surface area contributed by atoms with Gasteiger partial charge in [-0.3, -0.25) is 9.88 Å². The van der Waals surface area contributed by atoms with Crippen LogP contribution in [0.2, 0.25) is 5.15 Å². The van der Waals surface area contributed by atoms with Crippen LogP contribution in [0, 0.1) is 0 Å². The normalized spacial score (nSPS) is 19.9. The minimum absolute atomic E-state index is 0.410.